The number of β-amino-alcohol motifs (C(OH)–C–C–N with tert-alkyl or cyclic N) is 1. The fourth-order valence-corrected chi connectivity index (χ4v) is 3.69. The standard InChI is InChI=1S/C19H24N2O2S/c1-15-3-5-16(6-4-15)18(22)13-20-8-2-9-21(11-10-20)19(23)17-7-12-24-14-17/h3-7,12,14,18,22H,2,8-11,13H2,1H3. The van der Waals surface area contributed by atoms with Gasteiger partial charge in [0.25, 0.3) is 5.91 Å². The predicted octanol–water partition coefficient (Wildman–Crippen LogP) is 2.94. The van der Waals surface area contributed by atoms with Gasteiger partial charge in [-0.3, -0.25) is 9.69 Å². The third-order valence-corrected chi connectivity index (χ3v) is 5.22. The molecule has 0 radical (unpaired) electrons. The van der Waals surface area contributed by atoms with Gasteiger partial charge in [0.2, 0.25) is 0 Å². The zero-order valence-electron chi connectivity index (χ0n) is 14.0. The average Bonchev–Trinajstić information content (AvgIpc) is 3.02. The van der Waals surface area contributed by atoms with Crippen LogP contribution in [0.4, 0.5) is 0 Å². The molecule has 4 nitrogen and oxygen atoms in total. The van der Waals surface area contributed by atoms with E-state index in [0.717, 1.165) is 43.7 Å². The second-order valence-electron chi connectivity index (χ2n) is 6.38. The molecule has 1 aliphatic rings. The second kappa shape index (κ2) is 7.92. The lowest BCUT2D eigenvalue weighted by Gasteiger charge is -2.24. The van der Waals surface area contributed by atoms with Crippen molar-refractivity contribution in [3.8, 4) is 0 Å². The lowest BCUT2D eigenvalue weighted by atomic mass is 10.1. The Morgan fingerprint density at radius 3 is 2.67 bits per heavy atom. The zero-order valence-corrected chi connectivity index (χ0v) is 14.8. The highest BCUT2D eigenvalue weighted by atomic mass is 32.1. The van der Waals surface area contributed by atoms with Crippen LogP contribution >= 0.6 is 11.3 Å². The Balaban J connectivity index is 1.55. The first-order valence-electron chi connectivity index (χ1n) is 8.42. The Labute approximate surface area is 147 Å². The Morgan fingerprint density at radius 2 is 1.96 bits per heavy atom. The van der Waals surface area contributed by atoms with E-state index in [0.29, 0.717) is 6.54 Å². The smallest absolute Gasteiger partial charge is 0.254 e. The summed E-state index contributed by atoms with van der Waals surface area (Å²) < 4.78 is 0. The van der Waals surface area contributed by atoms with Crippen molar-refractivity contribution in [2.45, 2.75) is 19.4 Å². The third-order valence-electron chi connectivity index (χ3n) is 4.54. The summed E-state index contributed by atoms with van der Waals surface area (Å²) in [4.78, 5) is 16.6. The summed E-state index contributed by atoms with van der Waals surface area (Å²) in [6, 6.07) is 9.93. The lowest BCUT2D eigenvalue weighted by molar-refractivity contribution is 0.0755. The van der Waals surface area contributed by atoms with Crippen molar-refractivity contribution in [3.05, 3.63) is 57.8 Å². The lowest BCUT2D eigenvalue weighted by Crippen LogP contribution is -2.36. The van der Waals surface area contributed by atoms with Crippen LogP contribution in [0.25, 0.3) is 0 Å². The SMILES string of the molecule is Cc1ccc(C(O)CN2CCCN(C(=O)c3ccsc3)CC2)cc1. The molecule has 1 aromatic carbocycles. The molecule has 2 heterocycles. The Bertz CT molecular complexity index is 655. The number of amides is 1. The number of carbonyl (C=O) groups is 1. The first-order chi connectivity index (χ1) is 11.6. The van der Waals surface area contributed by atoms with E-state index in [-0.39, 0.29) is 5.91 Å². The van der Waals surface area contributed by atoms with Crippen LogP contribution in [0.2, 0.25) is 0 Å². The minimum atomic E-state index is -0.482. The van der Waals surface area contributed by atoms with Gasteiger partial charge >= 0.3 is 0 Å². The molecular formula is C19H24N2O2S. The molecule has 1 atom stereocenters. The third kappa shape index (κ3) is 4.23. The fraction of sp³-hybridized carbons (Fsp3) is 0.421. The van der Waals surface area contributed by atoms with Crippen molar-refractivity contribution in [1.82, 2.24) is 9.80 Å². The molecule has 1 saturated heterocycles. The highest BCUT2D eigenvalue weighted by Crippen LogP contribution is 2.17. The average molecular weight is 344 g/mol. The molecule has 2 aromatic rings. The summed E-state index contributed by atoms with van der Waals surface area (Å²) in [6.07, 6.45) is 0.459. The highest BCUT2D eigenvalue weighted by Gasteiger charge is 2.22. The van der Waals surface area contributed by atoms with Gasteiger partial charge in [-0.15, -0.1) is 0 Å². The van der Waals surface area contributed by atoms with E-state index in [1.807, 2.05) is 52.9 Å². The molecule has 0 spiro atoms. The zero-order chi connectivity index (χ0) is 16.9. The van der Waals surface area contributed by atoms with Crippen molar-refractivity contribution < 1.29 is 9.90 Å². The van der Waals surface area contributed by atoms with Crippen molar-refractivity contribution in [3.63, 3.8) is 0 Å². The number of carbonyl (C=O) groups excluding carboxylic acids is 1. The van der Waals surface area contributed by atoms with Crippen LogP contribution in [0.3, 0.4) is 0 Å². The van der Waals surface area contributed by atoms with Gasteiger partial charge in [0.1, 0.15) is 0 Å². The molecule has 1 amide bonds. The summed E-state index contributed by atoms with van der Waals surface area (Å²) in [7, 11) is 0. The van der Waals surface area contributed by atoms with Crippen LogP contribution < -0.4 is 0 Å². The molecule has 1 fully saturated rings. The summed E-state index contributed by atoms with van der Waals surface area (Å²) in [5, 5.41) is 14.3. The minimum Gasteiger partial charge on any atom is -0.387 e. The van der Waals surface area contributed by atoms with Crippen molar-refractivity contribution in [2.24, 2.45) is 0 Å². The van der Waals surface area contributed by atoms with Gasteiger partial charge in [-0.25, -0.2) is 0 Å². The highest BCUT2D eigenvalue weighted by molar-refractivity contribution is 7.08. The minimum absolute atomic E-state index is 0.122. The van der Waals surface area contributed by atoms with Gasteiger partial charge in [0.05, 0.1) is 11.7 Å². The molecule has 0 aliphatic carbocycles. The van der Waals surface area contributed by atoms with Gasteiger partial charge in [-0.1, -0.05) is 29.8 Å². The molecule has 0 bridgehead atoms. The van der Waals surface area contributed by atoms with Crippen molar-refractivity contribution in [2.75, 3.05) is 32.7 Å². The molecule has 5 heteroatoms. The van der Waals surface area contributed by atoms with Crippen molar-refractivity contribution >= 4 is 17.2 Å². The molecule has 1 N–H and O–H groups in total. The van der Waals surface area contributed by atoms with E-state index in [9.17, 15) is 9.90 Å². The van der Waals surface area contributed by atoms with Crippen LogP contribution in [0, 0.1) is 6.92 Å². The quantitative estimate of drug-likeness (QED) is 0.927. The number of aliphatic hydroxyl groups is 1. The van der Waals surface area contributed by atoms with Gasteiger partial charge in [-0.2, -0.15) is 11.3 Å². The Morgan fingerprint density at radius 1 is 1.17 bits per heavy atom. The van der Waals surface area contributed by atoms with Gasteiger partial charge in [-0.05, 0) is 30.4 Å². The maximum absolute atomic E-state index is 12.5. The van der Waals surface area contributed by atoms with Crippen molar-refractivity contribution in [1.29, 1.82) is 0 Å². The van der Waals surface area contributed by atoms with Crippen LogP contribution in [0.15, 0.2) is 41.1 Å². The number of aryl methyl sites for hydroxylation is 1. The monoisotopic (exact) mass is 344 g/mol. The van der Waals surface area contributed by atoms with Crippen LogP contribution in [-0.4, -0.2) is 53.5 Å². The van der Waals surface area contributed by atoms with E-state index < -0.39 is 6.10 Å². The first kappa shape index (κ1) is 17.1. The van der Waals surface area contributed by atoms with E-state index in [2.05, 4.69) is 4.90 Å². The summed E-state index contributed by atoms with van der Waals surface area (Å²) in [6.45, 7) is 5.88. The number of hydrogen-bond donors (Lipinski definition) is 1. The normalized spacial score (nSPS) is 17.5. The van der Waals surface area contributed by atoms with Gasteiger partial charge in [0.15, 0.2) is 0 Å². The van der Waals surface area contributed by atoms with Gasteiger partial charge < -0.3 is 10.0 Å². The topological polar surface area (TPSA) is 43.8 Å². The largest absolute Gasteiger partial charge is 0.387 e. The van der Waals surface area contributed by atoms with Crippen LogP contribution in [-0.2, 0) is 0 Å². The number of aliphatic hydroxyl groups excluding tert-OH is 1. The predicted molar refractivity (Wildman–Crippen MR) is 97.4 cm³/mol. The summed E-state index contributed by atoms with van der Waals surface area (Å²) in [5.41, 5.74) is 2.94. The molecule has 3 rings (SSSR count). The van der Waals surface area contributed by atoms with Crippen LogP contribution in [0.1, 0.15) is 34.0 Å². The number of thiophene rings is 1. The molecule has 1 aromatic heterocycles. The number of rotatable bonds is 4. The van der Waals surface area contributed by atoms with E-state index >= 15 is 0 Å². The molecule has 128 valence electrons. The summed E-state index contributed by atoms with van der Waals surface area (Å²) in [5.74, 6) is 0.122. The number of nitrogens with zero attached hydrogens (tertiary/aromatic N) is 2. The van der Waals surface area contributed by atoms with Gasteiger partial charge in [0, 0.05) is 38.1 Å². The Kier molecular flexibility index (Phi) is 5.66. The maximum Gasteiger partial charge on any atom is 0.254 e. The number of hydrogen-bond acceptors (Lipinski definition) is 4. The molecule has 1 aliphatic heterocycles. The second-order valence-corrected chi connectivity index (χ2v) is 7.16. The van der Waals surface area contributed by atoms with Crippen LogP contribution in [0.5, 0.6) is 0 Å². The molecule has 1 unspecified atom stereocenters. The molecule has 24 heavy (non-hydrogen) atoms. The fourth-order valence-electron chi connectivity index (χ4n) is 3.06. The van der Waals surface area contributed by atoms with E-state index in [1.54, 1.807) is 11.3 Å². The summed E-state index contributed by atoms with van der Waals surface area (Å²) >= 11 is 1.55. The Hall–Kier alpha value is -1.69. The molecule has 0 saturated carbocycles. The molecular weight excluding hydrogens is 320 g/mol. The number of benzene rings is 1. The maximum atomic E-state index is 12.5. The van der Waals surface area contributed by atoms with E-state index in [4.69, 9.17) is 0 Å². The van der Waals surface area contributed by atoms with E-state index in [1.165, 1.54) is 5.56 Å². The first-order valence-corrected chi connectivity index (χ1v) is 9.36.